The van der Waals surface area contributed by atoms with Gasteiger partial charge in [0, 0.05) is 62.7 Å². The number of non-ortho nitro benzene ring substituents is 1. The average molecular weight is 385 g/mol. The maximum Gasteiger partial charge on any atom is 0.269 e. The third-order valence-corrected chi connectivity index (χ3v) is 4.81. The van der Waals surface area contributed by atoms with Crippen molar-refractivity contribution in [1.29, 1.82) is 0 Å². The molecule has 1 fully saturated rings. The first kappa shape index (κ1) is 20.2. The van der Waals surface area contributed by atoms with E-state index in [0.717, 1.165) is 43.3 Å². The predicted octanol–water partition coefficient (Wildman–Crippen LogP) is 2.91. The van der Waals surface area contributed by atoms with Gasteiger partial charge in [0.05, 0.1) is 17.1 Å². The molecule has 8 heteroatoms. The average Bonchev–Trinajstić information content (AvgIpc) is 2.65. The van der Waals surface area contributed by atoms with Gasteiger partial charge in [-0.3, -0.25) is 15.0 Å². The van der Waals surface area contributed by atoms with Gasteiger partial charge < -0.3 is 9.64 Å². The highest BCUT2D eigenvalue weighted by molar-refractivity contribution is 5.59. The maximum absolute atomic E-state index is 10.8. The molecule has 0 bridgehead atoms. The van der Waals surface area contributed by atoms with E-state index in [0.29, 0.717) is 5.82 Å². The zero-order valence-electron chi connectivity index (χ0n) is 16.8. The minimum absolute atomic E-state index is 0.0581. The summed E-state index contributed by atoms with van der Waals surface area (Å²) in [6.07, 6.45) is 0.508. The monoisotopic (exact) mass is 385 g/mol. The number of likely N-dealkylation sites (N-methyl/N-ethyl adjacent to an activating group) is 1. The van der Waals surface area contributed by atoms with E-state index < -0.39 is 4.92 Å². The number of rotatable bonds is 6. The van der Waals surface area contributed by atoms with Crippen LogP contribution >= 0.6 is 0 Å². The normalized spacial score (nSPS) is 20.1. The lowest BCUT2D eigenvalue weighted by Gasteiger charge is -2.36. The number of aromatic nitrogens is 2. The van der Waals surface area contributed by atoms with Crippen LogP contribution in [-0.4, -0.2) is 65.2 Å². The number of ether oxygens (including phenoxy) is 1. The molecule has 0 unspecified atom stereocenters. The van der Waals surface area contributed by atoms with Gasteiger partial charge in [0.2, 0.25) is 0 Å². The van der Waals surface area contributed by atoms with E-state index in [4.69, 9.17) is 4.74 Å². The Bertz CT molecular complexity index is 817. The van der Waals surface area contributed by atoms with E-state index in [1.807, 2.05) is 20.0 Å². The van der Waals surface area contributed by atoms with Crippen molar-refractivity contribution in [1.82, 2.24) is 14.9 Å². The van der Waals surface area contributed by atoms with Crippen LogP contribution < -0.4 is 4.90 Å². The standard InChI is InChI=1S/C20H27N5O3/c1-14-11-19(23(4)9-10-24-12-15(2)28-16(3)13-24)22-20(21-14)17-5-7-18(8-6-17)25(26)27/h5-8,11,15-16H,9-10,12-13H2,1-4H3/t15-,16+. The summed E-state index contributed by atoms with van der Waals surface area (Å²) >= 11 is 0. The lowest BCUT2D eigenvalue weighted by Crippen LogP contribution is -2.47. The van der Waals surface area contributed by atoms with E-state index in [1.54, 1.807) is 12.1 Å². The first-order chi connectivity index (χ1) is 13.3. The van der Waals surface area contributed by atoms with Crippen LogP contribution in [0.25, 0.3) is 11.4 Å². The number of nitrogens with zero attached hydrogens (tertiary/aromatic N) is 5. The van der Waals surface area contributed by atoms with Gasteiger partial charge in [0.25, 0.3) is 5.69 Å². The maximum atomic E-state index is 10.8. The second-order valence-electron chi connectivity index (χ2n) is 7.43. The molecule has 0 spiro atoms. The Labute approximate surface area is 165 Å². The molecule has 1 aromatic heterocycles. The van der Waals surface area contributed by atoms with Gasteiger partial charge in [0.15, 0.2) is 5.82 Å². The van der Waals surface area contributed by atoms with Crippen molar-refractivity contribution in [3.8, 4) is 11.4 Å². The topological polar surface area (TPSA) is 84.6 Å². The summed E-state index contributed by atoms with van der Waals surface area (Å²) in [7, 11) is 2.02. The Morgan fingerprint density at radius 2 is 1.86 bits per heavy atom. The van der Waals surface area contributed by atoms with E-state index >= 15 is 0 Å². The fourth-order valence-corrected chi connectivity index (χ4v) is 3.48. The number of aryl methyl sites for hydroxylation is 1. The number of nitro benzene ring substituents is 1. The van der Waals surface area contributed by atoms with Gasteiger partial charge in [-0.25, -0.2) is 9.97 Å². The second-order valence-corrected chi connectivity index (χ2v) is 7.43. The Morgan fingerprint density at radius 1 is 1.21 bits per heavy atom. The van der Waals surface area contributed by atoms with Crippen LogP contribution in [0.2, 0.25) is 0 Å². The van der Waals surface area contributed by atoms with Crippen molar-refractivity contribution in [2.45, 2.75) is 33.0 Å². The highest BCUT2D eigenvalue weighted by Gasteiger charge is 2.22. The molecular weight excluding hydrogens is 358 g/mol. The van der Waals surface area contributed by atoms with Crippen LogP contribution in [0, 0.1) is 17.0 Å². The number of hydrogen-bond donors (Lipinski definition) is 0. The Morgan fingerprint density at radius 3 is 2.46 bits per heavy atom. The van der Waals surface area contributed by atoms with E-state index in [1.165, 1.54) is 12.1 Å². The number of nitro groups is 1. The summed E-state index contributed by atoms with van der Waals surface area (Å²) in [6.45, 7) is 9.80. The quantitative estimate of drug-likeness (QED) is 0.558. The van der Waals surface area contributed by atoms with Crippen molar-refractivity contribution < 1.29 is 9.66 Å². The second kappa shape index (κ2) is 8.62. The molecule has 28 heavy (non-hydrogen) atoms. The molecule has 1 aliphatic rings. The molecule has 1 saturated heterocycles. The van der Waals surface area contributed by atoms with Crippen molar-refractivity contribution in [2.75, 3.05) is 38.1 Å². The highest BCUT2D eigenvalue weighted by atomic mass is 16.6. The number of morpholine rings is 1. The Hall–Kier alpha value is -2.58. The predicted molar refractivity (Wildman–Crippen MR) is 109 cm³/mol. The van der Waals surface area contributed by atoms with Crippen molar-refractivity contribution in [3.05, 3.63) is 46.1 Å². The van der Waals surface area contributed by atoms with E-state index in [9.17, 15) is 10.1 Å². The van der Waals surface area contributed by atoms with Crippen molar-refractivity contribution >= 4 is 11.5 Å². The fourth-order valence-electron chi connectivity index (χ4n) is 3.48. The zero-order chi connectivity index (χ0) is 20.3. The molecule has 0 amide bonds. The molecule has 2 aromatic rings. The van der Waals surface area contributed by atoms with Crippen molar-refractivity contribution in [2.24, 2.45) is 0 Å². The molecule has 2 atom stereocenters. The summed E-state index contributed by atoms with van der Waals surface area (Å²) < 4.78 is 5.79. The summed E-state index contributed by atoms with van der Waals surface area (Å²) in [5, 5.41) is 10.8. The molecule has 1 aromatic carbocycles. The fraction of sp³-hybridized carbons (Fsp3) is 0.500. The molecule has 0 saturated carbocycles. The molecule has 8 nitrogen and oxygen atoms in total. The molecule has 3 rings (SSSR count). The largest absolute Gasteiger partial charge is 0.373 e. The SMILES string of the molecule is Cc1cc(N(C)CCN2C[C@@H](C)O[C@@H](C)C2)nc(-c2ccc([N+](=O)[O-])cc2)n1. The number of anilines is 1. The molecule has 0 radical (unpaired) electrons. The van der Waals surface area contributed by atoms with Crippen LogP contribution in [0.1, 0.15) is 19.5 Å². The molecule has 0 N–H and O–H groups in total. The number of hydrogen-bond acceptors (Lipinski definition) is 7. The molecule has 0 aliphatic carbocycles. The van der Waals surface area contributed by atoms with Crippen LogP contribution in [-0.2, 0) is 4.74 Å². The summed E-state index contributed by atoms with van der Waals surface area (Å²) in [4.78, 5) is 24.1. The Balaban J connectivity index is 1.70. The number of benzene rings is 1. The van der Waals surface area contributed by atoms with Crippen LogP contribution in [0.3, 0.4) is 0 Å². The van der Waals surface area contributed by atoms with Crippen LogP contribution in [0.5, 0.6) is 0 Å². The van der Waals surface area contributed by atoms with Gasteiger partial charge in [-0.05, 0) is 32.9 Å². The summed E-state index contributed by atoms with van der Waals surface area (Å²) in [5.41, 5.74) is 1.68. The van der Waals surface area contributed by atoms with Gasteiger partial charge in [-0.15, -0.1) is 0 Å². The van der Waals surface area contributed by atoms with E-state index in [2.05, 4.69) is 33.6 Å². The van der Waals surface area contributed by atoms with Crippen molar-refractivity contribution in [3.63, 3.8) is 0 Å². The highest BCUT2D eigenvalue weighted by Crippen LogP contribution is 2.22. The first-order valence-corrected chi connectivity index (χ1v) is 9.51. The molecule has 1 aliphatic heterocycles. The summed E-state index contributed by atoms with van der Waals surface area (Å²) in [5.74, 6) is 1.42. The van der Waals surface area contributed by atoms with Gasteiger partial charge in [-0.1, -0.05) is 0 Å². The third kappa shape index (κ3) is 5.02. The third-order valence-electron chi connectivity index (χ3n) is 4.81. The first-order valence-electron chi connectivity index (χ1n) is 9.51. The van der Waals surface area contributed by atoms with Gasteiger partial charge in [-0.2, -0.15) is 0 Å². The molecule has 150 valence electrons. The summed E-state index contributed by atoms with van der Waals surface area (Å²) in [6, 6.07) is 8.29. The van der Waals surface area contributed by atoms with Gasteiger partial charge >= 0.3 is 0 Å². The smallest absolute Gasteiger partial charge is 0.269 e. The Kier molecular flexibility index (Phi) is 6.21. The van der Waals surface area contributed by atoms with Crippen LogP contribution in [0.4, 0.5) is 11.5 Å². The lowest BCUT2D eigenvalue weighted by atomic mass is 10.2. The minimum atomic E-state index is -0.409. The lowest BCUT2D eigenvalue weighted by molar-refractivity contribution is -0.384. The van der Waals surface area contributed by atoms with Gasteiger partial charge in [0.1, 0.15) is 5.82 Å². The molecular formula is C20H27N5O3. The zero-order valence-corrected chi connectivity index (χ0v) is 16.8. The molecule has 2 heterocycles. The minimum Gasteiger partial charge on any atom is -0.373 e. The van der Waals surface area contributed by atoms with E-state index in [-0.39, 0.29) is 17.9 Å². The van der Waals surface area contributed by atoms with Crippen LogP contribution in [0.15, 0.2) is 30.3 Å².